The molecule has 1 aliphatic heterocycles. The molecule has 0 saturated carbocycles. The molecule has 1 atom stereocenters. The number of anilines is 1. The number of ether oxygens (including phenoxy) is 1. The Labute approximate surface area is 101 Å². The van der Waals surface area contributed by atoms with Crippen LogP contribution in [0.5, 0.6) is 0 Å². The van der Waals surface area contributed by atoms with Gasteiger partial charge < -0.3 is 14.7 Å². The molecule has 1 saturated heterocycles. The second-order valence-electron chi connectivity index (χ2n) is 4.04. The van der Waals surface area contributed by atoms with Gasteiger partial charge in [-0.3, -0.25) is 0 Å². The highest BCUT2D eigenvalue weighted by Gasteiger charge is 2.23. The molecule has 0 aromatic heterocycles. The zero-order chi connectivity index (χ0) is 11.5. The second kappa shape index (κ2) is 5.04. The van der Waals surface area contributed by atoms with Crippen molar-refractivity contribution in [2.75, 3.05) is 31.3 Å². The number of hydrogen-bond acceptors (Lipinski definition) is 3. The van der Waals surface area contributed by atoms with Crippen molar-refractivity contribution in [2.24, 2.45) is 0 Å². The van der Waals surface area contributed by atoms with Crippen molar-refractivity contribution < 1.29 is 9.84 Å². The van der Waals surface area contributed by atoms with Gasteiger partial charge in [0.2, 0.25) is 0 Å². The van der Waals surface area contributed by atoms with E-state index in [1.165, 1.54) is 5.56 Å². The van der Waals surface area contributed by atoms with Crippen molar-refractivity contribution in [3.63, 3.8) is 0 Å². The molecule has 0 bridgehead atoms. The third kappa shape index (κ3) is 2.32. The highest BCUT2D eigenvalue weighted by molar-refractivity contribution is 6.30. The SMILES string of the molecule is Cc1ccc(Cl)cc1N1CCOCC1CO. The number of benzene rings is 1. The number of aliphatic hydroxyl groups is 1. The fraction of sp³-hybridized carbons (Fsp3) is 0.500. The lowest BCUT2D eigenvalue weighted by atomic mass is 10.1. The molecule has 0 amide bonds. The monoisotopic (exact) mass is 241 g/mol. The summed E-state index contributed by atoms with van der Waals surface area (Å²) in [6.45, 7) is 4.22. The first-order chi connectivity index (χ1) is 7.72. The Morgan fingerprint density at radius 1 is 1.56 bits per heavy atom. The number of hydrogen-bond donors (Lipinski definition) is 1. The standard InChI is InChI=1S/C12H16ClNO2/c1-9-2-3-10(13)6-12(9)14-4-5-16-8-11(14)7-15/h2-3,6,11,15H,4-5,7-8H2,1H3. The van der Waals surface area contributed by atoms with Crippen molar-refractivity contribution in [2.45, 2.75) is 13.0 Å². The van der Waals surface area contributed by atoms with Crippen molar-refractivity contribution in [1.82, 2.24) is 0 Å². The Morgan fingerprint density at radius 3 is 3.12 bits per heavy atom. The average molecular weight is 242 g/mol. The number of aryl methyl sites for hydroxylation is 1. The molecule has 88 valence electrons. The van der Waals surface area contributed by atoms with Gasteiger partial charge in [0.05, 0.1) is 25.9 Å². The zero-order valence-electron chi connectivity index (χ0n) is 9.32. The zero-order valence-corrected chi connectivity index (χ0v) is 10.1. The minimum atomic E-state index is 0.0333. The van der Waals surface area contributed by atoms with Gasteiger partial charge in [-0.05, 0) is 24.6 Å². The quantitative estimate of drug-likeness (QED) is 0.858. The maximum Gasteiger partial charge on any atom is 0.0755 e. The van der Waals surface area contributed by atoms with Crippen molar-refractivity contribution in [1.29, 1.82) is 0 Å². The molecule has 16 heavy (non-hydrogen) atoms. The fourth-order valence-corrected chi connectivity index (χ4v) is 2.18. The first-order valence-corrected chi connectivity index (χ1v) is 5.81. The Bertz CT molecular complexity index is 370. The van der Waals surface area contributed by atoms with Crippen molar-refractivity contribution in [3.8, 4) is 0 Å². The molecule has 3 nitrogen and oxygen atoms in total. The van der Waals surface area contributed by atoms with Gasteiger partial charge in [0, 0.05) is 17.3 Å². The Kier molecular flexibility index (Phi) is 3.69. The van der Waals surface area contributed by atoms with Gasteiger partial charge in [0.1, 0.15) is 0 Å². The average Bonchev–Trinajstić information content (AvgIpc) is 2.32. The van der Waals surface area contributed by atoms with Crippen LogP contribution in [0.2, 0.25) is 5.02 Å². The molecule has 1 N–H and O–H groups in total. The second-order valence-corrected chi connectivity index (χ2v) is 4.47. The Morgan fingerprint density at radius 2 is 2.38 bits per heavy atom. The van der Waals surface area contributed by atoms with Crippen LogP contribution in [-0.4, -0.2) is 37.5 Å². The van der Waals surface area contributed by atoms with E-state index >= 15 is 0 Å². The molecular weight excluding hydrogens is 226 g/mol. The van der Waals surface area contributed by atoms with Crippen LogP contribution in [0, 0.1) is 6.92 Å². The predicted octanol–water partition coefficient (Wildman–Crippen LogP) is 1.85. The van der Waals surface area contributed by atoms with Gasteiger partial charge in [-0.15, -0.1) is 0 Å². The molecule has 1 heterocycles. The van der Waals surface area contributed by atoms with E-state index < -0.39 is 0 Å². The normalized spacial score (nSPS) is 21.2. The van der Waals surface area contributed by atoms with Gasteiger partial charge >= 0.3 is 0 Å². The van der Waals surface area contributed by atoms with Gasteiger partial charge in [-0.2, -0.15) is 0 Å². The van der Waals surface area contributed by atoms with Gasteiger partial charge in [-0.25, -0.2) is 0 Å². The van der Waals surface area contributed by atoms with E-state index in [0.29, 0.717) is 13.2 Å². The van der Waals surface area contributed by atoms with E-state index in [2.05, 4.69) is 11.8 Å². The molecule has 1 aromatic carbocycles. The van der Waals surface area contributed by atoms with Crippen LogP contribution in [0.1, 0.15) is 5.56 Å². The minimum Gasteiger partial charge on any atom is -0.394 e. The number of nitrogens with zero attached hydrogens (tertiary/aromatic N) is 1. The Hall–Kier alpha value is -0.770. The number of halogens is 1. The maximum absolute atomic E-state index is 9.33. The van der Waals surface area contributed by atoms with E-state index in [0.717, 1.165) is 17.3 Å². The lowest BCUT2D eigenvalue weighted by Gasteiger charge is -2.37. The molecule has 1 unspecified atom stereocenters. The topological polar surface area (TPSA) is 32.7 Å². The molecule has 4 heteroatoms. The summed E-state index contributed by atoms with van der Waals surface area (Å²) >= 11 is 6.01. The first-order valence-electron chi connectivity index (χ1n) is 5.44. The molecule has 1 aromatic rings. The lowest BCUT2D eigenvalue weighted by Crippen LogP contribution is -2.47. The van der Waals surface area contributed by atoms with Crippen LogP contribution >= 0.6 is 11.6 Å². The largest absolute Gasteiger partial charge is 0.394 e. The highest BCUT2D eigenvalue weighted by Crippen LogP contribution is 2.27. The third-order valence-corrected chi connectivity index (χ3v) is 3.15. The molecule has 1 fully saturated rings. The van der Waals surface area contributed by atoms with E-state index in [1.807, 2.05) is 18.2 Å². The molecular formula is C12H16ClNO2. The summed E-state index contributed by atoms with van der Waals surface area (Å²) in [6.07, 6.45) is 0. The van der Waals surface area contributed by atoms with Crippen LogP contribution in [0.15, 0.2) is 18.2 Å². The summed E-state index contributed by atoms with van der Waals surface area (Å²) < 4.78 is 5.36. The van der Waals surface area contributed by atoms with Gasteiger partial charge in [0.15, 0.2) is 0 Å². The van der Waals surface area contributed by atoms with Crippen molar-refractivity contribution >= 4 is 17.3 Å². The smallest absolute Gasteiger partial charge is 0.0755 e. The van der Waals surface area contributed by atoms with E-state index in [1.54, 1.807) is 0 Å². The molecule has 1 aliphatic rings. The Balaban J connectivity index is 2.30. The van der Waals surface area contributed by atoms with Gasteiger partial charge in [0.25, 0.3) is 0 Å². The minimum absolute atomic E-state index is 0.0333. The molecule has 0 aliphatic carbocycles. The van der Waals surface area contributed by atoms with Crippen LogP contribution in [0.4, 0.5) is 5.69 Å². The maximum atomic E-state index is 9.33. The first kappa shape index (κ1) is 11.7. The summed E-state index contributed by atoms with van der Waals surface area (Å²) in [5, 5.41) is 10.1. The van der Waals surface area contributed by atoms with E-state index in [-0.39, 0.29) is 12.6 Å². The third-order valence-electron chi connectivity index (χ3n) is 2.92. The highest BCUT2D eigenvalue weighted by atomic mass is 35.5. The summed E-state index contributed by atoms with van der Waals surface area (Å²) in [7, 11) is 0. The molecule has 0 radical (unpaired) electrons. The molecule has 0 spiro atoms. The van der Waals surface area contributed by atoms with Crippen LogP contribution in [0.25, 0.3) is 0 Å². The number of morpholine rings is 1. The summed E-state index contributed by atoms with van der Waals surface area (Å²) in [6, 6.07) is 5.87. The number of rotatable bonds is 2. The van der Waals surface area contributed by atoms with Crippen LogP contribution in [0.3, 0.4) is 0 Å². The van der Waals surface area contributed by atoms with Crippen molar-refractivity contribution in [3.05, 3.63) is 28.8 Å². The van der Waals surface area contributed by atoms with Crippen LogP contribution in [-0.2, 0) is 4.74 Å². The summed E-state index contributed by atoms with van der Waals surface area (Å²) in [5.41, 5.74) is 2.26. The summed E-state index contributed by atoms with van der Waals surface area (Å²) in [4.78, 5) is 2.17. The van der Waals surface area contributed by atoms with E-state index in [9.17, 15) is 5.11 Å². The van der Waals surface area contributed by atoms with Crippen LogP contribution < -0.4 is 4.90 Å². The fourth-order valence-electron chi connectivity index (χ4n) is 2.02. The lowest BCUT2D eigenvalue weighted by molar-refractivity contribution is 0.0726. The summed E-state index contributed by atoms with van der Waals surface area (Å²) in [5.74, 6) is 0. The predicted molar refractivity (Wildman–Crippen MR) is 65.2 cm³/mol. The van der Waals surface area contributed by atoms with Gasteiger partial charge in [-0.1, -0.05) is 17.7 Å². The number of aliphatic hydroxyl groups excluding tert-OH is 1. The van der Waals surface area contributed by atoms with E-state index in [4.69, 9.17) is 16.3 Å². The molecule has 2 rings (SSSR count).